The van der Waals surface area contributed by atoms with Crippen molar-refractivity contribution in [2.24, 2.45) is 5.92 Å². The van der Waals surface area contributed by atoms with Crippen LogP contribution in [0.2, 0.25) is 0 Å². The molecule has 0 fully saturated rings. The highest BCUT2D eigenvalue weighted by Crippen LogP contribution is 2.10. The van der Waals surface area contributed by atoms with Gasteiger partial charge in [0.2, 0.25) is 0 Å². The summed E-state index contributed by atoms with van der Waals surface area (Å²) in [5.41, 5.74) is -0.796. The minimum absolute atomic E-state index is 0.0795. The number of nitrogens with one attached hydrogen (secondary N) is 1. The number of carboxylic acids is 1. The normalized spacial score (nSPS) is 13.1. The van der Waals surface area contributed by atoms with Crippen molar-refractivity contribution in [3.8, 4) is 5.69 Å². The van der Waals surface area contributed by atoms with Gasteiger partial charge in [-0.15, -0.1) is 0 Å². The minimum Gasteiger partial charge on any atom is -0.481 e. The molecule has 0 saturated heterocycles. The van der Waals surface area contributed by atoms with E-state index in [4.69, 9.17) is 5.11 Å². The van der Waals surface area contributed by atoms with Crippen molar-refractivity contribution in [1.29, 1.82) is 0 Å². The minimum atomic E-state index is -1.05. The zero-order valence-corrected chi connectivity index (χ0v) is 13.1. The van der Waals surface area contributed by atoms with Crippen LogP contribution in [-0.2, 0) is 4.79 Å². The van der Waals surface area contributed by atoms with E-state index in [1.807, 2.05) is 0 Å². The second kappa shape index (κ2) is 7.03. The fraction of sp³-hybridized carbons (Fsp3) is 0.250. The van der Waals surface area contributed by atoms with Crippen LogP contribution in [-0.4, -0.2) is 32.8 Å². The number of amides is 1. The maximum atomic E-state index is 13.8. The standard InChI is InChI=1S/C16H16FN3O4/c1-9(16(23)24)10(2)18-15(22)12-7-8-14(21)20(19-12)13-6-4-3-5-11(13)17/h3-10H,1-2H3,(H,18,22)(H,23,24). The van der Waals surface area contributed by atoms with Crippen LogP contribution in [0.15, 0.2) is 41.2 Å². The summed E-state index contributed by atoms with van der Waals surface area (Å²) in [6, 6.07) is 7.19. The van der Waals surface area contributed by atoms with Crippen molar-refractivity contribution in [3.63, 3.8) is 0 Å². The lowest BCUT2D eigenvalue weighted by molar-refractivity contribution is -0.141. The van der Waals surface area contributed by atoms with Crippen LogP contribution < -0.4 is 10.9 Å². The molecule has 0 spiro atoms. The Hall–Kier alpha value is -3.03. The van der Waals surface area contributed by atoms with Crippen molar-refractivity contribution in [1.82, 2.24) is 15.1 Å². The van der Waals surface area contributed by atoms with E-state index in [0.29, 0.717) is 0 Å². The number of benzene rings is 1. The van der Waals surface area contributed by atoms with Crippen molar-refractivity contribution in [3.05, 3.63) is 58.3 Å². The maximum Gasteiger partial charge on any atom is 0.308 e. The van der Waals surface area contributed by atoms with Gasteiger partial charge in [-0.05, 0) is 32.0 Å². The number of carboxylic acid groups (broad SMARTS) is 1. The number of aliphatic carboxylic acids is 1. The summed E-state index contributed by atoms with van der Waals surface area (Å²) in [6.07, 6.45) is 0. The molecule has 0 aliphatic rings. The van der Waals surface area contributed by atoms with Gasteiger partial charge in [0.05, 0.1) is 5.92 Å². The van der Waals surface area contributed by atoms with Crippen molar-refractivity contribution in [2.75, 3.05) is 0 Å². The number of rotatable bonds is 5. The first-order chi connectivity index (χ1) is 11.3. The first-order valence-corrected chi connectivity index (χ1v) is 7.20. The lowest BCUT2D eigenvalue weighted by atomic mass is 10.0. The summed E-state index contributed by atoms with van der Waals surface area (Å²) in [6.45, 7) is 3.00. The molecular weight excluding hydrogens is 317 g/mol. The summed E-state index contributed by atoms with van der Waals surface area (Å²) in [4.78, 5) is 35.0. The third-order valence-electron chi connectivity index (χ3n) is 3.61. The van der Waals surface area contributed by atoms with E-state index in [0.717, 1.165) is 10.7 Å². The molecule has 1 aromatic carbocycles. The van der Waals surface area contributed by atoms with Gasteiger partial charge in [0.15, 0.2) is 0 Å². The van der Waals surface area contributed by atoms with Crippen molar-refractivity contribution in [2.45, 2.75) is 19.9 Å². The number of hydrogen-bond acceptors (Lipinski definition) is 4. The highest BCUT2D eigenvalue weighted by Gasteiger charge is 2.22. The molecule has 2 unspecified atom stereocenters. The predicted octanol–water partition coefficient (Wildman–Crippen LogP) is 1.21. The smallest absolute Gasteiger partial charge is 0.308 e. The number of carbonyl (C=O) groups is 2. The topological polar surface area (TPSA) is 101 Å². The Morgan fingerprint density at radius 2 is 1.88 bits per heavy atom. The van der Waals surface area contributed by atoms with Gasteiger partial charge in [0, 0.05) is 12.1 Å². The lowest BCUT2D eigenvalue weighted by Gasteiger charge is -2.17. The third kappa shape index (κ3) is 3.65. The average molecular weight is 333 g/mol. The van der Waals surface area contributed by atoms with E-state index in [2.05, 4.69) is 10.4 Å². The SMILES string of the molecule is CC(NC(=O)c1ccc(=O)n(-c2ccccc2F)n1)C(C)C(=O)O. The van der Waals surface area contributed by atoms with Gasteiger partial charge in [-0.1, -0.05) is 12.1 Å². The molecule has 1 heterocycles. The van der Waals surface area contributed by atoms with Gasteiger partial charge in [-0.2, -0.15) is 9.78 Å². The Balaban J connectivity index is 2.32. The summed E-state index contributed by atoms with van der Waals surface area (Å²) >= 11 is 0. The molecule has 0 bridgehead atoms. The molecule has 2 N–H and O–H groups in total. The van der Waals surface area contributed by atoms with Crippen LogP contribution in [0, 0.1) is 11.7 Å². The monoisotopic (exact) mass is 333 g/mol. The van der Waals surface area contributed by atoms with E-state index in [-0.39, 0.29) is 11.4 Å². The summed E-state index contributed by atoms with van der Waals surface area (Å²) in [5.74, 6) is -3.16. The second-order valence-electron chi connectivity index (χ2n) is 5.31. The molecule has 1 aromatic heterocycles. The van der Waals surface area contributed by atoms with E-state index in [9.17, 15) is 18.8 Å². The molecule has 2 atom stereocenters. The van der Waals surface area contributed by atoms with E-state index in [1.54, 1.807) is 6.92 Å². The average Bonchev–Trinajstić information content (AvgIpc) is 2.55. The zero-order chi connectivity index (χ0) is 17.9. The molecular formula is C16H16FN3O4. The number of aromatic nitrogens is 2. The van der Waals surface area contributed by atoms with Crippen LogP contribution in [0.5, 0.6) is 0 Å². The van der Waals surface area contributed by atoms with Crippen LogP contribution in [0.4, 0.5) is 4.39 Å². The third-order valence-corrected chi connectivity index (χ3v) is 3.61. The number of hydrogen-bond donors (Lipinski definition) is 2. The van der Waals surface area contributed by atoms with Crippen molar-refractivity contribution >= 4 is 11.9 Å². The van der Waals surface area contributed by atoms with Gasteiger partial charge in [0.25, 0.3) is 11.5 Å². The molecule has 2 aromatic rings. The Labute approximate surface area is 136 Å². The molecule has 1 amide bonds. The highest BCUT2D eigenvalue weighted by molar-refractivity contribution is 5.92. The first-order valence-electron chi connectivity index (χ1n) is 7.20. The molecule has 24 heavy (non-hydrogen) atoms. The van der Waals surface area contributed by atoms with E-state index >= 15 is 0 Å². The van der Waals surface area contributed by atoms with Crippen LogP contribution in [0.3, 0.4) is 0 Å². The molecule has 2 rings (SSSR count). The zero-order valence-electron chi connectivity index (χ0n) is 13.1. The number of halogens is 1. The molecule has 8 heteroatoms. The van der Waals surface area contributed by atoms with Crippen LogP contribution in [0.25, 0.3) is 5.69 Å². The van der Waals surface area contributed by atoms with Crippen LogP contribution >= 0.6 is 0 Å². The Morgan fingerprint density at radius 1 is 1.21 bits per heavy atom. The maximum absolute atomic E-state index is 13.8. The molecule has 0 saturated carbocycles. The largest absolute Gasteiger partial charge is 0.481 e. The van der Waals surface area contributed by atoms with Crippen molar-refractivity contribution < 1.29 is 19.1 Å². The lowest BCUT2D eigenvalue weighted by Crippen LogP contribution is -2.41. The van der Waals surface area contributed by atoms with E-state index < -0.39 is 35.2 Å². The molecule has 0 radical (unpaired) electrons. The quantitative estimate of drug-likeness (QED) is 0.856. The number of carbonyl (C=O) groups excluding carboxylic acids is 1. The molecule has 126 valence electrons. The Bertz CT molecular complexity index is 834. The van der Waals surface area contributed by atoms with Gasteiger partial charge >= 0.3 is 5.97 Å². The molecule has 0 aliphatic carbocycles. The predicted molar refractivity (Wildman–Crippen MR) is 83.5 cm³/mol. The van der Waals surface area contributed by atoms with Crippen LogP contribution in [0.1, 0.15) is 24.3 Å². The summed E-state index contributed by atoms with van der Waals surface area (Å²) in [7, 11) is 0. The van der Waals surface area contributed by atoms with Gasteiger partial charge in [-0.25, -0.2) is 4.39 Å². The Kier molecular flexibility index (Phi) is 5.08. The summed E-state index contributed by atoms with van der Waals surface area (Å²) < 4.78 is 14.6. The van der Waals surface area contributed by atoms with Gasteiger partial charge < -0.3 is 10.4 Å². The number of para-hydroxylation sites is 1. The van der Waals surface area contributed by atoms with Gasteiger partial charge in [-0.3, -0.25) is 14.4 Å². The second-order valence-corrected chi connectivity index (χ2v) is 5.31. The first kappa shape index (κ1) is 17.3. The molecule has 7 nitrogen and oxygen atoms in total. The Morgan fingerprint density at radius 3 is 2.50 bits per heavy atom. The fourth-order valence-electron chi connectivity index (χ4n) is 1.95. The van der Waals surface area contributed by atoms with E-state index in [1.165, 1.54) is 37.3 Å². The fourth-order valence-corrected chi connectivity index (χ4v) is 1.95. The summed E-state index contributed by atoms with van der Waals surface area (Å²) in [5, 5.41) is 15.3. The molecule has 0 aliphatic heterocycles. The highest BCUT2D eigenvalue weighted by atomic mass is 19.1. The van der Waals surface area contributed by atoms with Gasteiger partial charge in [0.1, 0.15) is 17.2 Å². The number of nitrogens with zero attached hydrogens (tertiary/aromatic N) is 2.